The molecule has 1 aromatic rings. The van der Waals surface area contributed by atoms with Crippen molar-refractivity contribution in [2.45, 2.75) is 38.6 Å². The Hall–Kier alpha value is -0.570. The summed E-state index contributed by atoms with van der Waals surface area (Å²) in [7, 11) is 0. The third kappa shape index (κ3) is 3.47. The van der Waals surface area contributed by atoms with E-state index in [-0.39, 0.29) is 0 Å². The number of nitrogens with two attached hydrogens (primary N) is 1. The van der Waals surface area contributed by atoms with Gasteiger partial charge in [0.1, 0.15) is 0 Å². The summed E-state index contributed by atoms with van der Waals surface area (Å²) >= 11 is 6.39. The molecule has 0 radical (unpaired) electrons. The van der Waals surface area contributed by atoms with Gasteiger partial charge >= 0.3 is 0 Å². The molecule has 1 unspecified atom stereocenters. The van der Waals surface area contributed by atoms with Crippen molar-refractivity contribution in [3.63, 3.8) is 0 Å². The number of likely N-dealkylation sites (tertiary alicyclic amines) is 1. The number of rotatable bonds is 5. The van der Waals surface area contributed by atoms with E-state index in [4.69, 9.17) is 17.3 Å². The standard InChI is InChI=1S/C15H23ClN2/c1-12(6-7-17)13-4-5-14(15(16)10-13)11-18-8-2-3-9-18/h4-5,10,12H,2-3,6-9,11,17H2,1H3. The lowest BCUT2D eigenvalue weighted by Crippen LogP contribution is -2.18. The average molecular weight is 267 g/mol. The summed E-state index contributed by atoms with van der Waals surface area (Å²) in [5, 5.41) is 0.906. The average Bonchev–Trinajstić information content (AvgIpc) is 2.85. The fourth-order valence-electron chi connectivity index (χ4n) is 2.60. The largest absolute Gasteiger partial charge is 0.330 e. The van der Waals surface area contributed by atoms with Gasteiger partial charge in [-0.25, -0.2) is 0 Å². The van der Waals surface area contributed by atoms with E-state index in [0.717, 1.165) is 24.5 Å². The van der Waals surface area contributed by atoms with Crippen LogP contribution < -0.4 is 5.73 Å². The highest BCUT2D eigenvalue weighted by atomic mass is 35.5. The van der Waals surface area contributed by atoms with Crippen LogP contribution in [0.15, 0.2) is 18.2 Å². The smallest absolute Gasteiger partial charge is 0.0453 e. The van der Waals surface area contributed by atoms with Crippen LogP contribution in [-0.2, 0) is 6.54 Å². The van der Waals surface area contributed by atoms with Crippen molar-refractivity contribution in [1.82, 2.24) is 4.90 Å². The predicted octanol–water partition coefficient (Wildman–Crippen LogP) is 3.39. The molecular weight excluding hydrogens is 244 g/mol. The maximum atomic E-state index is 6.39. The molecule has 0 bridgehead atoms. The first kappa shape index (κ1) is 13.9. The van der Waals surface area contributed by atoms with E-state index in [2.05, 4.69) is 30.0 Å². The molecule has 0 aromatic heterocycles. The van der Waals surface area contributed by atoms with E-state index in [1.807, 2.05) is 0 Å². The number of nitrogens with zero attached hydrogens (tertiary/aromatic N) is 1. The zero-order chi connectivity index (χ0) is 13.0. The topological polar surface area (TPSA) is 29.3 Å². The molecule has 1 atom stereocenters. The molecule has 0 saturated carbocycles. The van der Waals surface area contributed by atoms with E-state index in [1.165, 1.54) is 37.1 Å². The third-order valence-corrected chi connectivity index (χ3v) is 4.19. The minimum absolute atomic E-state index is 0.494. The van der Waals surface area contributed by atoms with Gasteiger partial charge in [0, 0.05) is 11.6 Å². The summed E-state index contributed by atoms with van der Waals surface area (Å²) in [5.74, 6) is 0.494. The molecule has 1 heterocycles. The van der Waals surface area contributed by atoms with Gasteiger partial charge in [-0.1, -0.05) is 30.7 Å². The molecule has 1 saturated heterocycles. The lowest BCUT2D eigenvalue weighted by Gasteiger charge is -2.17. The van der Waals surface area contributed by atoms with Gasteiger partial charge < -0.3 is 5.73 Å². The van der Waals surface area contributed by atoms with Crippen LogP contribution in [0, 0.1) is 0 Å². The van der Waals surface area contributed by atoms with Crippen molar-refractivity contribution in [3.8, 4) is 0 Å². The van der Waals surface area contributed by atoms with Crippen molar-refractivity contribution in [2.75, 3.05) is 19.6 Å². The van der Waals surface area contributed by atoms with Gasteiger partial charge in [-0.05, 0) is 62.0 Å². The van der Waals surface area contributed by atoms with Crippen LogP contribution in [0.4, 0.5) is 0 Å². The highest BCUT2D eigenvalue weighted by Crippen LogP contribution is 2.26. The number of halogens is 1. The van der Waals surface area contributed by atoms with Gasteiger partial charge in [-0.3, -0.25) is 4.90 Å². The van der Waals surface area contributed by atoms with Crippen molar-refractivity contribution in [2.24, 2.45) is 5.73 Å². The number of hydrogen-bond acceptors (Lipinski definition) is 2. The summed E-state index contributed by atoms with van der Waals surface area (Å²) < 4.78 is 0. The molecule has 1 aliphatic heterocycles. The van der Waals surface area contributed by atoms with E-state index in [0.29, 0.717) is 5.92 Å². The minimum Gasteiger partial charge on any atom is -0.330 e. The molecular formula is C15H23ClN2. The van der Waals surface area contributed by atoms with Crippen LogP contribution in [0.5, 0.6) is 0 Å². The first-order valence-electron chi connectivity index (χ1n) is 6.91. The minimum atomic E-state index is 0.494. The van der Waals surface area contributed by atoms with Gasteiger partial charge in [0.25, 0.3) is 0 Å². The molecule has 1 fully saturated rings. The zero-order valence-electron chi connectivity index (χ0n) is 11.2. The van der Waals surface area contributed by atoms with Crippen LogP contribution >= 0.6 is 11.6 Å². The summed E-state index contributed by atoms with van der Waals surface area (Å²) in [6, 6.07) is 6.51. The molecule has 0 amide bonds. The van der Waals surface area contributed by atoms with Gasteiger partial charge in [-0.2, -0.15) is 0 Å². The van der Waals surface area contributed by atoms with Gasteiger partial charge in [0.15, 0.2) is 0 Å². The third-order valence-electron chi connectivity index (χ3n) is 3.84. The summed E-state index contributed by atoms with van der Waals surface area (Å²) in [5.41, 5.74) is 8.16. The Morgan fingerprint density at radius 2 is 2.06 bits per heavy atom. The van der Waals surface area contributed by atoms with E-state index < -0.39 is 0 Å². The first-order chi connectivity index (χ1) is 8.70. The van der Waals surface area contributed by atoms with Crippen LogP contribution in [-0.4, -0.2) is 24.5 Å². The second-order valence-electron chi connectivity index (χ2n) is 5.31. The van der Waals surface area contributed by atoms with Crippen LogP contribution in [0.3, 0.4) is 0 Å². The molecule has 0 aliphatic carbocycles. The quantitative estimate of drug-likeness (QED) is 0.885. The monoisotopic (exact) mass is 266 g/mol. The molecule has 18 heavy (non-hydrogen) atoms. The highest BCUT2D eigenvalue weighted by Gasteiger charge is 2.14. The SMILES string of the molecule is CC(CCN)c1ccc(CN2CCCC2)c(Cl)c1. The van der Waals surface area contributed by atoms with Crippen molar-refractivity contribution in [3.05, 3.63) is 34.3 Å². The van der Waals surface area contributed by atoms with Gasteiger partial charge in [-0.15, -0.1) is 0 Å². The zero-order valence-corrected chi connectivity index (χ0v) is 11.9. The Morgan fingerprint density at radius 3 is 2.67 bits per heavy atom. The lowest BCUT2D eigenvalue weighted by atomic mass is 9.97. The Kier molecular flexibility index (Phi) is 5.04. The Balaban J connectivity index is 2.04. The normalized spacial score (nSPS) is 18.2. The predicted molar refractivity (Wildman–Crippen MR) is 78.0 cm³/mol. The molecule has 2 nitrogen and oxygen atoms in total. The van der Waals surface area contributed by atoms with Gasteiger partial charge in [0.2, 0.25) is 0 Å². The Bertz CT molecular complexity index is 386. The van der Waals surface area contributed by atoms with Crippen LogP contribution in [0.1, 0.15) is 43.2 Å². The lowest BCUT2D eigenvalue weighted by molar-refractivity contribution is 0.331. The molecule has 2 N–H and O–H groups in total. The fraction of sp³-hybridized carbons (Fsp3) is 0.600. The Labute approximate surface area is 115 Å². The fourth-order valence-corrected chi connectivity index (χ4v) is 2.85. The highest BCUT2D eigenvalue weighted by molar-refractivity contribution is 6.31. The molecule has 2 rings (SSSR count). The molecule has 3 heteroatoms. The van der Waals surface area contributed by atoms with Crippen molar-refractivity contribution < 1.29 is 0 Å². The number of hydrogen-bond donors (Lipinski definition) is 1. The van der Waals surface area contributed by atoms with Crippen molar-refractivity contribution >= 4 is 11.6 Å². The number of benzene rings is 1. The maximum Gasteiger partial charge on any atom is 0.0453 e. The molecule has 0 spiro atoms. The first-order valence-corrected chi connectivity index (χ1v) is 7.29. The van der Waals surface area contributed by atoms with Crippen LogP contribution in [0.2, 0.25) is 5.02 Å². The van der Waals surface area contributed by atoms with Crippen molar-refractivity contribution in [1.29, 1.82) is 0 Å². The summed E-state index contributed by atoms with van der Waals surface area (Å²) in [4.78, 5) is 2.48. The summed E-state index contributed by atoms with van der Waals surface area (Å²) in [6.07, 6.45) is 3.66. The maximum absolute atomic E-state index is 6.39. The van der Waals surface area contributed by atoms with E-state index in [1.54, 1.807) is 0 Å². The molecule has 1 aliphatic rings. The Morgan fingerprint density at radius 1 is 1.33 bits per heavy atom. The van der Waals surface area contributed by atoms with E-state index in [9.17, 15) is 0 Å². The van der Waals surface area contributed by atoms with Crippen LogP contribution in [0.25, 0.3) is 0 Å². The second kappa shape index (κ2) is 6.55. The van der Waals surface area contributed by atoms with E-state index >= 15 is 0 Å². The molecule has 100 valence electrons. The molecule has 1 aromatic carbocycles. The summed E-state index contributed by atoms with van der Waals surface area (Å²) in [6.45, 7) is 6.35. The van der Waals surface area contributed by atoms with Gasteiger partial charge in [0.05, 0.1) is 0 Å². The second-order valence-corrected chi connectivity index (χ2v) is 5.72.